The molecule has 10 amide bonds. The van der Waals surface area contributed by atoms with Crippen molar-refractivity contribution in [3.8, 4) is 5.75 Å². The van der Waals surface area contributed by atoms with Crippen LogP contribution in [0.4, 0.5) is 0 Å². The van der Waals surface area contributed by atoms with Crippen LogP contribution in [-0.4, -0.2) is 165 Å². The molecule has 29 heteroatoms. The molecule has 0 bridgehead atoms. The Morgan fingerprint density at radius 1 is 0.627 bits per heavy atom. The van der Waals surface area contributed by atoms with E-state index in [9.17, 15) is 72.9 Å². The van der Waals surface area contributed by atoms with Crippen molar-refractivity contribution in [2.45, 2.75) is 159 Å². The average molecular weight is 1170 g/mol. The average Bonchev–Trinajstić information content (AvgIpc) is 4.07. The highest BCUT2D eigenvalue weighted by atomic mass is 16.4. The molecule has 2 aromatic rings. The Hall–Kier alpha value is -8.89. The molecule has 1 heterocycles. The number of nitrogens with zero attached hydrogens (tertiary/aromatic N) is 2. The van der Waals surface area contributed by atoms with Crippen LogP contribution in [0.15, 0.2) is 59.6 Å². The fourth-order valence-electron chi connectivity index (χ4n) is 8.93. The minimum absolute atomic E-state index is 0.0191. The first kappa shape index (κ1) is 68.4. The Morgan fingerprint density at radius 2 is 1.17 bits per heavy atom. The van der Waals surface area contributed by atoms with Gasteiger partial charge in [0.05, 0.1) is 18.9 Å². The molecular weight excluding hydrogens is 1080 g/mol. The molecule has 2 aromatic carbocycles. The Balaban J connectivity index is 1.88. The largest absolute Gasteiger partial charge is 0.508 e. The molecule has 3 rings (SSSR count). The highest BCUT2D eigenvalue weighted by Gasteiger charge is 2.41. The lowest BCUT2D eigenvalue weighted by molar-refractivity contribution is -0.143. The van der Waals surface area contributed by atoms with Crippen molar-refractivity contribution >= 4 is 77.0 Å². The van der Waals surface area contributed by atoms with Gasteiger partial charge < -0.3 is 86.1 Å². The Bertz CT molecular complexity index is 2640. The van der Waals surface area contributed by atoms with E-state index in [1.54, 1.807) is 58.0 Å². The smallest absolute Gasteiger partial charge is 0.326 e. The summed E-state index contributed by atoms with van der Waals surface area (Å²) in [7, 11) is 0. The molecule has 83 heavy (non-hydrogen) atoms. The molecule has 456 valence electrons. The zero-order valence-electron chi connectivity index (χ0n) is 47.0. The van der Waals surface area contributed by atoms with Crippen LogP contribution in [0.25, 0.3) is 0 Å². The number of likely N-dealkylation sites (tertiary alicyclic amines) is 1. The van der Waals surface area contributed by atoms with Crippen molar-refractivity contribution < 1.29 is 72.9 Å². The summed E-state index contributed by atoms with van der Waals surface area (Å²) < 4.78 is 0. The maximum absolute atomic E-state index is 14.5. The number of aromatic hydroxyl groups is 1. The Kier molecular flexibility index (Phi) is 27.8. The van der Waals surface area contributed by atoms with Crippen molar-refractivity contribution in [1.29, 1.82) is 0 Å². The quantitative estimate of drug-likeness (QED) is 0.0183. The minimum Gasteiger partial charge on any atom is -0.508 e. The number of amides is 10. The summed E-state index contributed by atoms with van der Waals surface area (Å²) in [5.74, 6) is -13.4. The van der Waals surface area contributed by atoms with Crippen molar-refractivity contribution in [3.63, 3.8) is 0 Å². The number of carboxylic acids is 2. The number of nitrogens with one attached hydrogen (secondary N) is 7. The summed E-state index contributed by atoms with van der Waals surface area (Å²) in [6.07, 6.45) is -2.21. The van der Waals surface area contributed by atoms with E-state index < -0.39 is 157 Å². The fraction of sp³-hybridized carbons (Fsp3) is 0.537. The molecular formula is C54H80N14O15. The number of guanidine groups is 1. The van der Waals surface area contributed by atoms with Gasteiger partial charge in [-0.3, -0.25) is 57.7 Å². The first-order valence-corrected chi connectivity index (χ1v) is 27.2. The van der Waals surface area contributed by atoms with Crippen molar-refractivity contribution in [2.75, 3.05) is 13.1 Å². The summed E-state index contributed by atoms with van der Waals surface area (Å²) in [6, 6.07) is 1.04. The van der Waals surface area contributed by atoms with E-state index in [1.807, 2.05) is 0 Å². The summed E-state index contributed by atoms with van der Waals surface area (Å²) in [6.45, 7) is 6.72. The van der Waals surface area contributed by atoms with Gasteiger partial charge in [0, 0.05) is 25.9 Å². The molecule has 0 aliphatic carbocycles. The number of aliphatic carboxylic acids is 2. The second kappa shape index (κ2) is 33.8. The molecule has 29 nitrogen and oxygen atoms in total. The number of nitrogens with two attached hydrogens (primary N) is 5. The summed E-state index contributed by atoms with van der Waals surface area (Å²) in [5.41, 5.74) is 28.9. The molecule has 0 spiro atoms. The number of carboxylic acid groups (broad SMARTS) is 2. The van der Waals surface area contributed by atoms with E-state index in [4.69, 9.17) is 28.7 Å². The van der Waals surface area contributed by atoms with Gasteiger partial charge in [0.1, 0.15) is 54.1 Å². The van der Waals surface area contributed by atoms with E-state index in [0.29, 0.717) is 11.1 Å². The van der Waals surface area contributed by atoms with E-state index >= 15 is 0 Å². The van der Waals surface area contributed by atoms with E-state index in [-0.39, 0.29) is 82.1 Å². The van der Waals surface area contributed by atoms with Crippen molar-refractivity contribution in [1.82, 2.24) is 42.1 Å². The predicted octanol–water partition coefficient (Wildman–Crippen LogP) is -3.26. The zero-order valence-corrected chi connectivity index (χ0v) is 47.0. The number of hydrogen-bond acceptors (Lipinski definition) is 15. The van der Waals surface area contributed by atoms with Gasteiger partial charge in [-0.15, -0.1) is 0 Å². The molecule has 10 atom stereocenters. The third-order valence-electron chi connectivity index (χ3n) is 13.5. The summed E-state index contributed by atoms with van der Waals surface area (Å²) >= 11 is 0. The van der Waals surface area contributed by atoms with Gasteiger partial charge in [-0.25, -0.2) is 4.79 Å². The molecule has 0 saturated carbocycles. The van der Waals surface area contributed by atoms with Crippen LogP contribution in [0, 0.1) is 11.8 Å². The Morgan fingerprint density at radius 3 is 1.75 bits per heavy atom. The van der Waals surface area contributed by atoms with Crippen LogP contribution < -0.4 is 65.9 Å². The third kappa shape index (κ3) is 23.6. The normalized spacial score (nSPS) is 16.1. The highest BCUT2D eigenvalue weighted by molar-refractivity contribution is 6.00. The molecule has 1 fully saturated rings. The maximum Gasteiger partial charge on any atom is 0.326 e. The van der Waals surface area contributed by atoms with Gasteiger partial charge in [-0.2, -0.15) is 0 Å². The number of rotatable bonds is 35. The van der Waals surface area contributed by atoms with Gasteiger partial charge in [0.2, 0.25) is 59.1 Å². The van der Waals surface area contributed by atoms with Gasteiger partial charge in [-0.05, 0) is 80.0 Å². The standard InChI is InChI=1S/C54H80N14O15/c1-5-29(4)44(51(80)65-38(26-41(56)70)48(77)62-35(53(82)83)13-9-21-60-54(58)59)67-49(78)37(25-30-11-7-6-8-12-30)64-50(79)40-14-10-22-68(40)52(81)39(27-42(57)71)66-47(76)36(23-28(2)3)63-46(75)34(19-20-43(72)73)61-45(74)33(55)24-31-15-17-32(69)18-16-31/h6-8,11-12,15-18,28-29,33-40,44,69H,5,9-10,13-14,19-27,55H2,1-4H3,(H2,56,70)(H2,57,71)(H,61,74)(H,62,77)(H,63,75)(H,64,79)(H,65,80)(H,66,76)(H,67,78)(H,72,73)(H,82,83)(H4,58,59,60)/t29-,33-,34-,35-,36-,37-,38-,39-,40-,44-/m0/s1. The number of aliphatic imine (C=N–C) groups is 1. The number of carbonyl (C=O) groups excluding carboxylic acids is 10. The summed E-state index contributed by atoms with van der Waals surface area (Å²) in [5, 5.41) is 46.4. The molecule has 1 saturated heterocycles. The summed E-state index contributed by atoms with van der Waals surface area (Å²) in [4.78, 5) is 165. The minimum atomic E-state index is -1.70. The predicted molar refractivity (Wildman–Crippen MR) is 299 cm³/mol. The van der Waals surface area contributed by atoms with Gasteiger partial charge >= 0.3 is 11.9 Å². The van der Waals surface area contributed by atoms with Crippen LogP contribution in [0.3, 0.4) is 0 Å². The van der Waals surface area contributed by atoms with Crippen LogP contribution in [0.5, 0.6) is 5.75 Å². The van der Waals surface area contributed by atoms with Crippen LogP contribution in [0.2, 0.25) is 0 Å². The lowest BCUT2D eigenvalue weighted by Crippen LogP contribution is -2.61. The number of hydrogen-bond donors (Lipinski definition) is 15. The molecule has 1 aliphatic rings. The molecule has 0 aromatic heterocycles. The zero-order chi connectivity index (χ0) is 62.1. The van der Waals surface area contributed by atoms with Gasteiger partial charge in [0.25, 0.3) is 0 Å². The second-order valence-electron chi connectivity index (χ2n) is 20.8. The number of carbonyl (C=O) groups is 12. The third-order valence-corrected chi connectivity index (χ3v) is 13.5. The SMILES string of the molecule is CC[C@H](C)[C@H](NC(=O)[C@H](Cc1ccccc1)NC(=O)[C@@H]1CCCN1C(=O)[C@H](CC(N)=O)NC(=O)[C@H](CC(C)C)NC(=O)[C@H](CCC(=O)O)NC(=O)[C@@H](N)Cc1ccc(O)cc1)C(=O)N[C@@H](CC(N)=O)C(=O)N[C@@H](CCCN=C(N)N)C(=O)O. The lowest BCUT2D eigenvalue weighted by Gasteiger charge is -2.31. The van der Waals surface area contributed by atoms with E-state index in [1.165, 1.54) is 24.3 Å². The first-order valence-electron chi connectivity index (χ1n) is 27.2. The molecule has 0 unspecified atom stereocenters. The fourth-order valence-corrected chi connectivity index (χ4v) is 8.93. The second-order valence-corrected chi connectivity index (χ2v) is 20.8. The first-order chi connectivity index (χ1) is 39.1. The van der Waals surface area contributed by atoms with Crippen LogP contribution >= 0.6 is 0 Å². The lowest BCUT2D eigenvalue weighted by atomic mass is 9.96. The van der Waals surface area contributed by atoms with E-state index in [0.717, 1.165) is 4.90 Å². The number of phenols is 1. The van der Waals surface area contributed by atoms with Gasteiger partial charge in [0.15, 0.2) is 5.96 Å². The highest BCUT2D eigenvalue weighted by Crippen LogP contribution is 2.21. The molecule has 0 radical (unpaired) electrons. The van der Waals surface area contributed by atoms with Gasteiger partial charge in [-0.1, -0.05) is 76.6 Å². The van der Waals surface area contributed by atoms with Crippen molar-refractivity contribution in [2.24, 2.45) is 45.5 Å². The number of primary amides is 2. The number of phenolic OH excluding ortho intramolecular Hbond substituents is 1. The Labute approximate surface area is 479 Å². The van der Waals surface area contributed by atoms with Crippen molar-refractivity contribution in [3.05, 3.63) is 65.7 Å². The topological polar surface area (TPSA) is 495 Å². The number of benzene rings is 2. The molecule has 1 aliphatic heterocycles. The molecule has 20 N–H and O–H groups in total. The van der Waals surface area contributed by atoms with E-state index in [2.05, 4.69) is 42.2 Å². The maximum atomic E-state index is 14.5. The van der Waals surface area contributed by atoms with Crippen LogP contribution in [0.1, 0.15) is 103 Å². The van der Waals surface area contributed by atoms with Crippen LogP contribution in [-0.2, 0) is 70.4 Å². The monoisotopic (exact) mass is 1160 g/mol.